The third-order valence-corrected chi connectivity index (χ3v) is 2.86. The van der Waals surface area contributed by atoms with Crippen molar-refractivity contribution in [1.29, 1.82) is 0 Å². The van der Waals surface area contributed by atoms with E-state index in [2.05, 4.69) is 6.92 Å². The average Bonchev–Trinajstić information content (AvgIpc) is 2.26. The van der Waals surface area contributed by atoms with Gasteiger partial charge in [-0.2, -0.15) is 17.6 Å². The number of rotatable bonds is 10. The van der Waals surface area contributed by atoms with Gasteiger partial charge in [0.05, 0.1) is 0 Å². The molecule has 0 amide bonds. The summed E-state index contributed by atoms with van der Waals surface area (Å²) >= 11 is 0. The minimum absolute atomic E-state index is 0.124. The molecule has 0 bridgehead atoms. The van der Waals surface area contributed by atoms with Crippen LogP contribution in [0.5, 0.6) is 0 Å². The van der Waals surface area contributed by atoms with Crippen LogP contribution in [0.2, 0.25) is 0 Å². The van der Waals surface area contributed by atoms with E-state index >= 15 is 0 Å². The van der Waals surface area contributed by atoms with Gasteiger partial charge in [0.1, 0.15) is 0 Å². The summed E-state index contributed by atoms with van der Waals surface area (Å²) in [6.07, 6.45) is -3.34. The third kappa shape index (κ3) is 5.98. The molecule has 0 aromatic heterocycles. The van der Waals surface area contributed by atoms with Crippen LogP contribution in [-0.2, 0) is 0 Å². The molecule has 1 atom stereocenters. The minimum atomic E-state index is -5.30. The molecule has 0 radical (unpaired) electrons. The van der Waals surface area contributed by atoms with Crippen LogP contribution in [0.3, 0.4) is 0 Å². The van der Waals surface area contributed by atoms with Gasteiger partial charge in [0.2, 0.25) is 0 Å². The zero-order chi connectivity index (χ0) is 14.2. The predicted molar refractivity (Wildman–Crippen MR) is 59.6 cm³/mol. The lowest BCUT2D eigenvalue weighted by Gasteiger charge is -2.24. The van der Waals surface area contributed by atoms with Crippen LogP contribution in [0.25, 0.3) is 0 Å². The molecule has 0 aliphatic rings. The van der Waals surface area contributed by atoms with Crippen molar-refractivity contribution in [2.75, 3.05) is 0 Å². The fourth-order valence-electron chi connectivity index (χ4n) is 1.65. The van der Waals surface area contributed by atoms with Crippen molar-refractivity contribution in [2.45, 2.75) is 76.5 Å². The Labute approximate surface area is 104 Å². The van der Waals surface area contributed by atoms with E-state index in [1.165, 1.54) is 0 Å². The van der Waals surface area contributed by atoms with Crippen LogP contribution in [0.4, 0.5) is 22.0 Å². The standard InChI is InChI=1S/C12H21F5O/c1-2-3-4-5-6-7-8-9-10(13)11(14,15)12(16,17)18/h10,18H,2-9H2,1H3. The van der Waals surface area contributed by atoms with Gasteiger partial charge in [0, 0.05) is 0 Å². The summed E-state index contributed by atoms with van der Waals surface area (Å²) in [6, 6.07) is 0. The Morgan fingerprint density at radius 2 is 1.33 bits per heavy atom. The van der Waals surface area contributed by atoms with Gasteiger partial charge in [0.25, 0.3) is 0 Å². The van der Waals surface area contributed by atoms with E-state index in [0.29, 0.717) is 6.42 Å². The van der Waals surface area contributed by atoms with Crippen LogP contribution in [0, 0.1) is 0 Å². The monoisotopic (exact) mass is 276 g/mol. The Bertz CT molecular complexity index is 215. The minimum Gasteiger partial charge on any atom is -0.331 e. The zero-order valence-corrected chi connectivity index (χ0v) is 10.6. The second-order valence-corrected chi connectivity index (χ2v) is 4.54. The molecule has 6 heteroatoms. The average molecular weight is 276 g/mol. The van der Waals surface area contributed by atoms with Gasteiger partial charge < -0.3 is 5.11 Å². The maximum atomic E-state index is 12.9. The first-order chi connectivity index (χ1) is 8.23. The van der Waals surface area contributed by atoms with E-state index in [0.717, 1.165) is 32.1 Å². The first-order valence-electron chi connectivity index (χ1n) is 6.35. The fourth-order valence-corrected chi connectivity index (χ4v) is 1.65. The summed E-state index contributed by atoms with van der Waals surface area (Å²) in [5, 5.41) is 7.89. The van der Waals surface area contributed by atoms with E-state index in [1.54, 1.807) is 0 Å². The number of alkyl halides is 5. The van der Waals surface area contributed by atoms with Gasteiger partial charge in [-0.15, -0.1) is 0 Å². The Hall–Kier alpha value is -0.390. The van der Waals surface area contributed by atoms with Crippen LogP contribution in [-0.4, -0.2) is 23.3 Å². The molecule has 0 aromatic carbocycles. The first-order valence-corrected chi connectivity index (χ1v) is 6.35. The molecule has 0 heterocycles. The topological polar surface area (TPSA) is 20.2 Å². The predicted octanol–water partition coefficient (Wildman–Crippen LogP) is 4.69. The number of unbranched alkanes of at least 4 members (excludes halogenated alkanes) is 6. The Morgan fingerprint density at radius 1 is 0.889 bits per heavy atom. The van der Waals surface area contributed by atoms with Crippen molar-refractivity contribution in [2.24, 2.45) is 0 Å². The lowest BCUT2D eigenvalue weighted by atomic mass is 10.0. The summed E-state index contributed by atoms with van der Waals surface area (Å²) in [4.78, 5) is 0. The highest BCUT2D eigenvalue weighted by atomic mass is 19.3. The third-order valence-electron chi connectivity index (χ3n) is 2.86. The highest BCUT2D eigenvalue weighted by Crippen LogP contribution is 2.38. The molecule has 0 saturated carbocycles. The van der Waals surface area contributed by atoms with Crippen LogP contribution >= 0.6 is 0 Å². The zero-order valence-electron chi connectivity index (χ0n) is 10.6. The fraction of sp³-hybridized carbons (Fsp3) is 1.00. The number of aliphatic hydroxyl groups is 1. The quantitative estimate of drug-likeness (QED) is 0.453. The summed E-state index contributed by atoms with van der Waals surface area (Å²) in [5.74, 6) is -5.00. The Kier molecular flexibility index (Phi) is 7.75. The van der Waals surface area contributed by atoms with E-state index in [1.807, 2.05) is 0 Å². The van der Waals surface area contributed by atoms with Crippen molar-refractivity contribution < 1.29 is 27.1 Å². The SMILES string of the molecule is CCCCCCCCCC(F)C(F)(F)C(O)(F)F. The van der Waals surface area contributed by atoms with Gasteiger partial charge in [-0.25, -0.2) is 4.39 Å². The number of hydrogen-bond donors (Lipinski definition) is 1. The molecule has 0 rings (SSSR count). The van der Waals surface area contributed by atoms with Gasteiger partial charge in [-0.05, 0) is 6.42 Å². The molecule has 0 spiro atoms. The molecule has 110 valence electrons. The highest BCUT2D eigenvalue weighted by molar-refractivity contribution is 4.83. The summed E-state index contributed by atoms with van der Waals surface area (Å²) in [6.45, 7) is 2.06. The maximum absolute atomic E-state index is 12.9. The molecule has 0 aliphatic heterocycles. The smallest absolute Gasteiger partial charge is 0.331 e. The normalized spacial score (nSPS) is 14.8. The number of halogens is 5. The van der Waals surface area contributed by atoms with Crippen molar-refractivity contribution in [1.82, 2.24) is 0 Å². The lowest BCUT2D eigenvalue weighted by Crippen LogP contribution is -2.47. The van der Waals surface area contributed by atoms with E-state index < -0.39 is 24.6 Å². The van der Waals surface area contributed by atoms with Crippen molar-refractivity contribution in [3.63, 3.8) is 0 Å². The maximum Gasteiger partial charge on any atom is 0.420 e. The van der Waals surface area contributed by atoms with Gasteiger partial charge in [0.15, 0.2) is 6.17 Å². The summed E-state index contributed by atoms with van der Waals surface area (Å²) in [5.41, 5.74) is 0. The molecule has 0 aromatic rings. The molecular formula is C12H21F5O. The van der Waals surface area contributed by atoms with Crippen molar-refractivity contribution in [3.8, 4) is 0 Å². The van der Waals surface area contributed by atoms with Gasteiger partial charge in [-0.3, -0.25) is 0 Å². The summed E-state index contributed by atoms with van der Waals surface area (Å²) in [7, 11) is 0. The van der Waals surface area contributed by atoms with E-state index in [9.17, 15) is 22.0 Å². The van der Waals surface area contributed by atoms with Crippen molar-refractivity contribution >= 4 is 0 Å². The second kappa shape index (κ2) is 7.92. The van der Waals surface area contributed by atoms with Crippen LogP contribution < -0.4 is 0 Å². The largest absolute Gasteiger partial charge is 0.420 e. The molecule has 0 fully saturated rings. The highest BCUT2D eigenvalue weighted by Gasteiger charge is 2.60. The molecular weight excluding hydrogens is 255 g/mol. The Morgan fingerprint density at radius 3 is 1.78 bits per heavy atom. The van der Waals surface area contributed by atoms with E-state index in [-0.39, 0.29) is 6.42 Å². The molecule has 1 unspecified atom stereocenters. The van der Waals surface area contributed by atoms with Crippen LogP contribution in [0.15, 0.2) is 0 Å². The van der Waals surface area contributed by atoms with Crippen molar-refractivity contribution in [3.05, 3.63) is 0 Å². The van der Waals surface area contributed by atoms with E-state index in [4.69, 9.17) is 5.11 Å². The molecule has 0 saturated heterocycles. The molecule has 1 nitrogen and oxygen atoms in total. The molecule has 0 aliphatic carbocycles. The van der Waals surface area contributed by atoms with Gasteiger partial charge >= 0.3 is 12.0 Å². The van der Waals surface area contributed by atoms with Gasteiger partial charge in [-0.1, -0.05) is 51.9 Å². The molecule has 1 N–H and O–H groups in total. The lowest BCUT2D eigenvalue weighted by molar-refractivity contribution is -0.342. The second-order valence-electron chi connectivity index (χ2n) is 4.54. The van der Waals surface area contributed by atoms with Crippen LogP contribution in [0.1, 0.15) is 58.3 Å². The first kappa shape index (κ1) is 17.6. The number of hydrogen-bond acceptors (Lipinski definition) is 1. The summed E-state index contributed by atoms with van der Waals surface area (Å²) < 4.78 is 62.2. The molecule has 18 heavy (non-hydrogen) atoms. The Balaban J connectivity index is 3.74.